The lowest BCUT2D eigenvalue weighted by Gasteiger charge is -1.97. The zero-order valence-electron chi connectivity index (χ0n) is 6.68. The summed E-state index contributed by atoms with van der Waals surface area (Å²) in [6, 6.07) is 0. The third-order valence-electron chi connectivity index (χ3n) is 1.39. The molecule has 2 heteroatoms. The number of hydrogen-bond donors (Lipinski definition) is 1. The van der Waals surface area contributed by atoms with Gasteiger partial charge in [0, 0.05) is 0 Å². The Morgan fingerprint density at radius 3 is 2.70 bits per heavy atom. The van der Waals surface area contributed by atoms with Gasteiger partial charge in [-0.15, -0.1) is 0 Å². The van der Waals surface area contributed by atoms with Crippen molar-refractivity contribution in [3.8, 4) is 0 Å². The third kappa shape index (κ3) is 7.92. The molecule has 0 aromatic carbocycles. The van der Waals surface area contributed by atoms with E-state index in [0.29, 0.717) is 6.61 Å². The lowest BCUT2D eigenvalue weighted by atomic mass is 10.1. The molecule has 0 saturated carbocycles. The minimum absolute atomic E-state index is 0.472. The molecule has 0 unspecified atom stereocenters. The summed E-state index contributed by atoms with van der Waals surface area (Å²) in [5.41, 5.74) is 0. The third-order valence-corrected chi connectivity index (χ3v) is 1.39. The first-order valence-electron chi connectivity index (χ1n) is 3.99. The van der Waals surface area contributed by atoms with E-state index in [1.165, 1.54) is 12.8 Å². The maximum atomic E-state index is 7.96. The first-order valence-corrected chi connectivity index (χ1v) is 3.99. The number of unbranched alkanes of at least 4 members (excludes halogenated alkanes) is 5. The highest BCUT2D eigenvalue weighted by Crippen LogP contribution is 2.02. The van der Waals surface area contributed by atoms with E-state index in [1.54, 1.807) is 0 Å². The van der Waals surface area contributed by atoms with Gasteiger partial charge in [0.05, 0.1) is 6.61 Å². The summed E-state index contributed by atoms with van der Waals surface area (Å²) in [5.74, 6) is 0. The highest BCUT2D eigenvalue weighted by Gasteiger charge is 1.88. The summed E-state index contributed by atoms with van der Waals surface area (Å²) < 4.78 is 0. The molecular weight excluding hydrogens is 128 g/mol. The van der Waals surface area contributed by atoms with E-state index in [0.717, 1.165) is 19.3 Å². The number of hydrogen-bond acceptors (Lipinski definition) is 2. The van der Waals surface area contributed by atoms with Crippen LogP contribution in [0.4, 0.5) is 0 Å². The molecule has 2 nitrogen and oxygen atoms in total. The molecule has 0 aliphatic rings. The summed E-state index contributed by atoms with van der Waals surface area (Å²) in [4.78, 5) is 3.93. The molecular formula is C8H17O2. The second-order valence-corrected chi connectivity index (χ2v) is 2.41. The maximum absolute atomic E-state index is 7.96. The molecule has 1 radical (unpaired) electrons. The fraction of sp³-hybridized carbons (Fsp3) is 0.875. The Labute approximate surface area is 63.1 Å². The van der Waals surface area contributed by atoms with E-state index >= 15 is 0 Å². The van der Waals surface area contributed by atoms with Gasteiger partial charge in [0.2, 0.25) is 0 Å². The van der Waals surface area contributed by atoms with Gasteiger partial charge in [-0.3, -0.25) is 5.26 Å². The normalized spacial score (nSPS) is 10.2. The van der Waals surface area contributed by atoms with E-state index in [1.807, 2.05) is 0 Å². The summed E-state index contributed by atoms with van der Waals surface area (Å²) in [7, 11) is 0. The Bertz CT molecular complexity index is 47.2. The van der Waals surface area contributed by atoms with Crippen molar-refractivity contribution in [2.75, 3.05) is 6.61 Å². The predicted octanol–water partition coefficient (Wildman–Crippen LogP) is 2.65. The molecule has 0 aliphatic heterocycles. The first kappa shape index (κ1) is 9.92. The summed E-state index contributed by atoms with van der Waals surface area (Å²) >= 11 is 0. The van der Waals surface area contributed by atoms with Crippen LogP contribution in [0.1, 0.15) is 39.0 Å². The molecule has 0 heterocycles. The molecule has 0 aliphatic carbocycles. The van der Waals surface area contributed by atoms with Crippen LogP contribution in [0.3, 0.4) is 0 Å². The van der Waals surface area contributed by atoms with Crippen molar-refractivity contribution >= 4 is 0 Å². The lowest BCUT2D eigenvalue weighted by molar-refractivity contribution is -0.242. The van der Waals surface area contributed by atoms with E-state index in [4.69, 9.17) is 5.26 Å². The van der Waals surface area contributed by atoms with Gasteiger partial charge < -0.3 is 0 Å². The van der Waals surface area contributed by atoms with Crippen LogP contribution >= 0.6 is 0 Å². The van der Waals surface area contributed by atoms with E-state index < -0.39 is 0 Å². The second-order valence-electron chi connectivity index (χ2n) is 2.41. The fourth-order valence-electron chi connectivity index (χ4n) is 0.804. The van der Waals surface area contributed by atoms with Crippen molar-refractivity contribution in [2.45, 2.75) is 39.0 Å². The largest absolute Gasteiger partial charge is 0.252 e. The van der Waals surface area contributed by atoms with Gasteiger partial charge in [0.25, 0.3) is 0 Å². The van der Waals surface area contributed by atoms with Crippen molar-refractivity contribution in [1.29, 1.82) is 0 Å². The summed E-state index contributed by atoms with van der Waals surface area (Å²) in [6.45, 7) is 2.65. The van der Waals surface area contributed by atoms with E-state index in [-0.39, 0.29) is 0 Å². The minimum Gasteiger partial charge on any atom is -0.252 e. The van der Waals surface area contributed by atoms with Gasteiger partial charge in [-0.2, -0.15) is 0 Å². The van der Waals surface area contributed by atoms with Gasteiger partial charge in [0.1, 0.15) is 0 Å². The Morgan fingerprint density at radius 2 is 2.10 bits per heavy atom. The lowest BCUT2D eigenvalue weighted by Crippen LogP contribution is -1.88. The minimum atomic E-state index is 0.472. The zero-order chi connectivity index (χ0) is 7.66. The Balaban J connectivity index is 2.65. The van der Waals surface area contributed by atoms with Crippen LogP contribution in [0.25, 0.3) is 0 Å². The molecule has 0 fully saturated rings. The molecule has 0 atom stereocenters. The van der Waals surface area contributed by atoms with Crippen molar-refractivity contribution in [3.63, 3.8) is 0 Å². The maximum Gasteiger partial charge on any atom is 0.0819 e. The van der Waals surface area contributed by atoms with Crippen LogP contribution in [0.15, 0.2) is 0 Å². The molecule has 1 N–H and O–H groups in total. The summed E-state index contributed by atoms with van der Waals surface area (Å²) in [6.07, 6.45) is 7.96. The van der Waals surface area contributed by atoms with Crippen molar-refractivity contribution in [2.24, 2.45) is 0 Å². The highest BCUT2D eigenvalue weighted by atomic mass is 17.1. The van der Waals surface area contributed by atoms with Gasteiger partial charge in [-0.25, -0.2) is 4.89 Å². The molecule has 0 saturated heterocycles. The van der Waals surface area contributed by atoms with Gasteiger partial charge >= 0.3 is 0 Å². The molecule has 0 rings (SSSR count). The fourth-order valence-corrected chi connectivity index (χ4v) is 0.804. The van der Waals surface area contributed by atoms with Crippen LogP contribution in [0, 0.1) is 6.42 Å². The standard InChI is InChI=1S/C8H17O2/c1-2-3-4-5-6-7-8-10-9/h4,9H,2-3,5-8H2,1H3. The summed E-state index contributed by atoms with van der Waals surface area (Å²) in [5, 5.41) is 7.96. The smallest absolute Gasteiger partial charge is 0.0819 e. The quantitative estimate of drug-likeness (QED) is 0.339. The topological polar surface area (TPSA) is 29.5 Å². The molecule has 0 bridgehead atoms. The average molecular weight is 145 g/mol. The average Bonchev–Trinajstić information content (AvgIpc) is 1.97. The predicted molar refractivity (Wildman–Crippen MR) is 41.6 cm³/mol. The van der Waals surface area contributed by atoms with Crippen LogP contribution in [-0.4, -0.2) is 11.9 Å². The molecule has 0 aromatic heterocycles. The Hall–Kier alpha value is -0.0800. The molecule has 61 valence electrons. The van der Waals surface area contributed by atoms with Crippen LogP contribution in [0.5, 0.6) is 0 Å². The highest BCUT2D eigenvalue weighted by molar-refractivity contribution is 4.62. The Morgan fingerprint density at radius 1 is 1.30 bits per heavy atom. The van der Waals surface area contributed by atoms with Gasteiger partial charge in [-0.1, -0.05) is 32.6 Å². The van der Waals surface area contributed by atoms with Gasteiger partial charge in [0.15, 0.2) is 0 Å². The zero-order valence-corrected chi connectivity index (χ0v) is 6.68. The van der Waals surface area contributed by atoms with Crippen molar-refractivity contribution in [1.82, 2.24) is 0 Å². The van der Waals surface area contributed by atoms with Crippen LogP contribution < -0.4 is 0 Å². The van der Waals surface area contributed by atoms with Crippen LogP contribution in [0.2, 0.25) is 0 Å². The van der Waals surface area contributed by atoms with Gasteiger partial charge in [-0.05, 0) is 12.8 Å². The Kier molecular flexibility index (Phi) is 8.85. The molecule has 10 heavy (non-hydrogen) atoms. The molecule has 0 spiro atoms. The first-order chi connectivity index (χ1) is 4.91. The molecule has 0 amide bonds. The van der Waals surface area contributed by atoms with Crippen molar-refractivity contribution in [3.05, 3.63) is 6.42 Å². The SMILES string of the molecule is CCC[CH]CCCCOO. The monoisotopic (exact) mass is 145 g/mol. The number of rotatable bonds is 7. The molecule has 0 aromatic rings. The van der Waals surface area contributed by atoms with E-state index in [2.05, 4.69) is 18.2 Å². The second kappa shape index (κ2) is 8.92. The van der Waals surface area contributed by atoms with Crippen LogP contribution in [-0.2, 0) is 4.89 Å². The van der Waals surface area contributed by atoms with E-state index in [9.17, 15) is 0 Å². The van der Waals surface area contributed by atoms with Crippen molar-refractivity contribution < 1.29 is 10.1 Å².